The second-order valence-electron chi connectivity index (χ2n) is 33.8. The Labute approximate surface area is 802 Å². The average Bonchev–Trinajstić information content (AvgIpc) is 1.59. The van der Waals surface area contributed by atoms with Crippen LogP contribution in [-0.2, 0) is 66.1 Å². The van der Waals surface area contributed by atoms with Crippen molar-refractivity contribution in [2.24, 2.45) is 20.0 Å². The summed E-state index contributed by atoms with van der Waals surface area (Å²) < 4.78 is 37.1. The third-order valence-electron chi connectivity index (χ3n) is 25.4. The van der Waals surface area contributed by atoms with Crippen LogP contribution in [0.1, 0.15) is 150 Å². The molecule has 0 unspecified atom stereocenters. The Morgan fingerprint density at radius 1 is 0.459 bits per heavy atom. The van der Waals surface area contributed by atoms with Crippen molar-refractivity contribution in [1.82, 2.24) is 57.8 Å². The fraction of sp³-hybridized carbons (Fsp3) is 0.394. The van der Waals surface area contributed by atoms with Gasteiger partial charge in [-0.05, 0) is 195 Å². The number of phenols is 2. The normalized spacial score (nSPS) is 18.4. The topological polar surface area (TPSA) is 343 Å². The Morgan fingerprint density at radius 3 is 1.38 bits per heavy atom. The van der Waals surface area contributed by atoms with E-state index in [0.29, 0.717) is 226 Å². The molecule has 4 amide bonds. The highest BCUT2D eigenvalue weighted by Gasteiger charge is 2.49. The summed E-state index contributed by atoms with van der Waals surface area (Å²) in [6.45, 7) is 19.6. The molecule has 0 bridgehead atoms. The van der Waals surface area contributed by atoms with Crippen molar-refractivity contribution in [1.29, 1.82) is 0 Å². The summed E-state index contributed by atoms with van der Waals surface area (Å²) in [7, 11) is 1.31. The SMILES string of the molecule is CCN1C(=O)c2c(nc(Br)n2Cc2cc(Br)c3c(c2)CCO3)N2C[C@@H](Cc3ccccc3)N=C12.CCN1C(=O)c2c(nc(C(=O)OC)n2Cc2cc(Cl)c3c(c2)CCO3)N2C[C@@H](Cc3ccccc3)N=C12.CCN1C(=O)c2c(nc(NC3CCOCC3)n2Cc2ccc(O)c(Br)c2)N2CCN=C12.CCN1C(=O)c2c(nc(NC3CCOCC3)n2Cc2ccc(O)c(Cl)c2)N2CCN=C12. The average molecular weight is 2040 g/mol. The van der Waals surface area contributed by atoms with Gasteiger partial charge in [-0.2, -0.15) is 9.97 Å². The van der Waals surface area contributed by atoms with Crippen LogP contribution in [0.5, 0.6) is 23.0 Å². The van der Waals surface area contributed by atoms with E-state index >= 15 is 0 Å². The van der Waals surface area contributed by atoms with Gasteiger partial charge in [-0.3, -0.25) is 77.5 Å². The molecule has 4 N–H and O–H groups in total. The lowest BCUT2D eigenvalue weighted by molar-refractivity contribution is 0.0580. The maximum atomic E-state index is 13.8. The number of hydrogen-bond donors (Lipinski definition) is 4. The van der Waals surface area contributed by atoms with Crippen molar-refractivity contribution in [3.8, 4) is 23.0 Å². The van der Waals surface area contributed by atoms with Crippen molar-refractivity contribution < 1.29 is 57.9 Å². The van der Waals surface area contributed by atoms with Crippen LogP contribution in [0.15, 0.2) is 155 Å². The Bertz CT molecular complexity index is 6180. The molecule has 0 aliphatic carbocycles. The van der Waals surface area contributed by atoms with E-state index in [0.717, 1.165) is 89.4 Å². The molecule has 692 valence electrons. The Kier molecular flexibility index (Phi) is 26.2. The maximum absolute atomic E-state index is 13.8. The van der Waals surface area contributed by atoms with E-state index in [1.54, 1.807) is 48.4 Å². The zero-order valence-electron chi connectivity index (χ0n) is 74.0. The number of nitrogens with one attached hydrogen (secondary N) is 2. The molecule has 6 aromatic carbocycles. The highest BCUT2D eigenvalue weighted by molar-refractivity contribution is 9.11. The molecular formula is C94H99Br3Cl2N22O12. The summed E-state index contributed by atoms with van der Waals surface area (Å²) in [4.78, 5) is 120. The Hall–Kier alpha value is -11.9. The number of benzene rings is 6. The number of rotatable bonds is 21. The number of hydrogen-bond acceptors (Lipinski definition) is 26. The second kappa shape index (κ2) is 38.6. The minimum Gasteiger partial charge on any atom is -0.507 e. The number of aromatic nitrogens is 8. The van der Waals surface area contributed by atoms with Gasteiger partial charge in [0, 0.05) is 90.6 Å². The molecule has 0 saturated carbocycles. The van der Waals surface area contributed by atoms with Crippen molar-refractivity contribution in [2.45, 2.75) is 129 Å². The molecule has 2 atom stereocenters. The van der Waals surface area contributed by atoms with Crippen molar-refractivity contribution in [3.63, 3.8) is 0 Å². The second-order valence-corrected chi connectivity index (χ2v) is 37.0. The van der Waals surface area contributed by atoms with Gasteiger partial charge in [0.15, 0.2) is 50.8 Å². The number of carbonyl (C=O) groups is 5. The van der Waals surface area contributed by atoms with Gasteiger partial charge in [-0.15, -0.1) is 0 Å². The van der Waals surface area contributed by atoms with E-state index < -0.39 is 5.97 Å². The number of amides is 4. The molecule has 0 radical (unpaired) electrons. The molecule has 2 fully saturated rings. The molecule has 22 rings (SSSR count). The zero-order valence-corrected chi connectivity index (χ0v) is 80.2. The fourth-order valence-corrected chi connectivity index (χ4v) is 21.1. The van der Waals surface area contributed by atoms with Crippen LogP contribution in [-0.4, -0.2) is 258 Å². The van der Waals surface area contributed by atoms with Crippen molar-refractivity contribution in [3.05, 3.63) is 218 Å². The lowest BCUT2D eigenvalue weighted by atomic mass is 10.1. The first kappa shape index (κ1) is 90.3. The molecule has 0 spiro atoms. The third-order valence-corrected chi connectivity index (χ3v) is 27.8. The molecule has 12 aliphatic rings. The van der Waals surface area contributed by atoms with Crippen LogP contribution in [0, 0.1) is 0 Å². The maximum Gasteiger partial charge on any atom is 0.374 e. The standard InChI is InChI=1S/C27H26ClN5O4.C25H23Br2N5O2.C21H25BrN6O3.C21H25ClN6O3/c1-3-31-25(34)21-23(33-15-19(29-27(31)33)12-16-7-5-4-6-8-16)30-24(26(35)36-2)32(21)14-17-11-18-9-10-37-22(18)20(28)13-17;1-2-30-23(33)20-22(32-14-18(28-25(30)32)11-15-6-4-3-5-7-15)29-24(27)31(20)13-16-10-17-8-9-34-21(17)19(26)12-16;2*1-2-26-19(30)17-18(27-8-7-23-21(26)27)25-20(24-14-5-9-31-10-6-14)28(17)12-13-3-4-16(29)15(22)11-13/h4-8,11,13,19H,3,9-10,12,14-15H2,1-2H3;3-7,10,12,18H,2,8-9,11,13-14H2,1H3;2*3-4,11,14,29H,2,5-10,12H2,1H3,(H,24,25)/t19-;18-;;/m11../s1. The minimum absolute atomic E-state index is 0.0322. The number of methoxy groups -OCH3 is 1. The van der Waals surface area contributed by atoms with Crippen LogP contribution in [0.2, 0.25) is 10.0 Å². The highest BCUT2D eigenvalue weighted by Crippen LogP contribution is 2.44. The predicted octanol–water partition coefficient (Wildman–Crippen LogP) is 13.4. The number of ether oxygens (including phenoxy) is 5. The summed E-state index contributed by atoms with van der Waals surface area (Å²) >= 11 is 23.3. The van der Waals surface area contributed by atoms with Crippen LogP contribution < -0.4 is 39.7 Å². The first-order valence-corrected chi connectivity index (χ1v) is 48.2. The number of carbonyl (C=O) groups excluding carboxylic acids is 5. The summed E-state index contributed by atoms with van der Waals surface area (Å²) in [5, 5.41) is 27.6. The predicted molar refractivity (Wildman–Crippen MR) is 516 cm³/mol. The van der Waals surface area contributed by atoms with Crippen LogP contribution in [0.3, 0.4) is 0 Å². The lowest BCUT2D eigenvalue weighted by Gasteiger charge is -2.33. The smallest absolute Gasteiger partial charge is 0.374 e. The van der Waals surface area contributed by atoms with Gasteiger partial charge in [0.25, 0.3) is 23.6 Å². The van der Waals surface area contributed by atoms with Crippen LogP contribution >= 0.6 is 71.0 Å². The van der Waals surface area contributed by atoms with E-state index in [1.165, 1.54) is 23.8 Å². The number of aromatic hydroxyl groups is 2. The number of imidazole rings is 4. The number of guanidine groups is 4. The molecule has 133 heavy (non-hydrogen) atoms. The zero-order chi connectivity index (χ0) is 92.1. The van der Waals surface area contributed by atoms with Gasteiger partial charge in [0.2, 0.25) is 41.6 Å². The fourth-order valence-electron chi connectivity index (χ4n) is 19.0. The van der Waals surface area contributed by atoms with E-state index in [2.05, 4.69) is 115 Å². The summed E-state index contributed by atoms with van der Waals surface area (Å²) in [6, 6.07) is 39.5. The summed E-state index contributed by atoms with van der Waals surface area (Å²) in [5.74, 6) is 7.19. The molecule has 34 nitrogen and oxygen atoms in total. The molecule has 4 aromatic heterocycles. The van der Waals surface area contributed by atoms with Gasteiger partial charge in [-0.25, -0.2) is 24.7 Å². The number of nitrogens with zero attached hydrogens (tertiary/aromatic N) is 20. The van der Waals surface area contributed by atoms with Crippen LogP contribution in [0.4, 0.5) is 35.2 Å². The third kappa shape index (κ3) is 17.7. The lowest BCUT2D eigenvalue weighted by Crippen LogP contribution is -2.50. The van der Waals surface area contributed by atoms with Gasteiger partial charge in [-0.1, -0.05) is 108 Å². The van der Waals surface area contributed by atoms with E-state index in [4.69, 9.17) is 71.8 Å². The molecule has 10 aromatic rings. The Balaban J connectivity index is 0.000000115. The minimum atomic E-state index is -0.612. The number of phenolic OH excluding ortho intramolecular Hbond substituents is 2. The first-order chi connectivity index (χ1) is 64.6. The van der Waals surface area contributed by atoms with Crippen molar-refractivity contribution in [2.75, 3.05) is 142 Å². The highest BCUT2D eigenvalue weighted by atomic mass is 79.9. The number of aliphatic imine (C=N–C) groups is 4. The Morgan fingerprint density at radius 2 is 0.880 bits per heavy atom. The summed E-state index contributed by atoms with van der Waals surface area (Å²) in [5.41, 5.74) is 10.4. The van der Waals surface area contributed by atoms with Gasteiger partial charge in [0.05, 0.1) is 104 Å². The monoisotopic (exact) mass is 2030 g/mol. The largest absolute Gasteiger partial charge is 0.507 e. The molecule has 12 aliphatic heterocycles. The van der Waals surface area contributed by atoms with Crippen LogP contribution in [0.25, 0.3) is 0 Å². The molecule has 39 heteroatoms. The first-order valence-electron chi connectivity index (χ1n) is 45.0. The quantitative estimate of drug-likeness (QED) is 0.0485. The number of fused-ring (bicyclic) bond motifs is 14. The molecular weight excluding hydrogens is 1940 g/mol. The van der Waals surface area contributed by atoms with Gasteiger partial charge >= 0.3 is 5.97 Å². The van der Waals surface area contributed by atoms with E-state index in [9.17, 15) is 34.2 Å². The number of anilines is 6. The number of halogens is 5. The van der Waals surface area contributed by atoms with E-state index in [-0.39, 0.29) is 76.7 Å². The van der Waals surface area contributed by atoms with Gasteiger partial charge in [0.1, 0.15) is 23.0 Å². The number of esters is 1. The molecule has 2 saturated heterocycles. The molecule has 16 heterocycles. The van der Waals surface area contributed by atoms with Crippen molar-refractivity contribution >= 4 is 160 Å². The van der Waals surface area contributed by atoms with E-state index in [1.807, 2.05) is 117 Å². The van der Waals surface area contributed by atoms with Gasteiger partial charge < -0.3 is 53.7 Å². The summed E-state index contributed by atoms with van der Waals surface area (Å²) in [6.07, 6.45) is 6.78.